The van der Waals surface area contributed by atoms with Crippen LogP contribution in [0.1, 0.15) is 4.88 Å². The van der Waals surface area contributed by atoms with Crippen LogP contribution in [0, 0.1) is 0 Å². The molecule has 0 unspecified atom stereocenters. The lowest BCUT2D eigenvalue weighted by atomic mass is 10.3. The third-order valence-corrected chi connectivity index (χ3v) is 6.83. The standard InChI is InChI=1S/C18H16N6O3S2/c1-27-13-5-3-4-12(8-13)24-18-15(10-22-24)17(19-11-20-18)23-21-9-14-6-7-16(28-14)29(2,25)26/h3-11H,1-2H3,(H,19,20,23). The van der Waals surface area contributed by atoms with E-state index in [1.54, 1.807) is 36.3 Å². The van der Waals surface area contributed by atoms with Gasteiger partial charge in [0.05, 0.1) is 30.6 Å². The topological polar surface area (TPSA) is 111 Å². The van der Waals surface area contributed by atoms with Gasteiger partial charge in [-0.2, -0.15) is 10.2 Å². The third kappa shape index (κ3) is 3.96. The Labute approximate surface area is 170 Å². The number of methoxy groups -OCH3 is 1. The lowest BCUT2D eigenvalue weighted by molar-refractivity contribution is 0.414. The summed E-state index contributed by atoms with van der Waals surface area (Å²) in [6, 6.07) is 10.7. The molecule has 148 valence electrons. The van der Waals surface area contributed by atoms with E-state index in [9.17, 15) is 8.42 Å². The summed E-state index contributed by atoms with van der Waals surface area (Å²) in [5.74, 6) is 1.20. The summed E-state index contributed by atoms with van der Waals surface area (Å²) in [5, 5.41) is 9.25. The molecule has 0 aliphatic heterocycles. The van der Waals surface area contributed by atoms with E-state index in [4.69, 9.17) is 4.74 Å². The molecule has 0 amide bonds. The number of thiophene rings is 1. The number of sulfone groups is 1. The van der Waals surface area contributed by atoms with Crippen molar-refractivity contribution in [1.82, 2.24) is 19.7 Å². The highest BCUT2D eigenvalue weighted by Gasteiger charge is 2.12. The maximum Gasteiger partial charge on any atom is 0.184 e. The number of anilines is 1. The first-order valence-electron chi connectivity index (χ1n) is 8.38. The van der Waals surface area contributed by atoms with Gasteiger partial charge in [0.15, 0.2) is 21.3 Å². The summed E-state index contributed by atoms with van der Waals surface area (Å²) in [5.41, 5.74) is 4.29. The molecule has 0 spiro atoms. The molecule has 0 saturated carbocycles. The third-order valence-electron chi connectivity index (χ3n) is 3.99. The molecule has 3 aromatic heterocycles. The van der Waals surface area contributed by atoms with Crippen molar-refractivity contribution in [1.29, 1.82) is 0 Å². The van der Waals surface area contributed by atoms with Crippen LogP contribution in [0.5, 0.6) is 5.75 Å². The Kier molecular flexibility index (Phi) is 4.99. The number of nitrogens with one attached hydrogen (secondary N) is 1. The van der Waals surface area contributed by atoms with Gasteiger partial charge in [0, 0.05) is 17.2 Å². The lowest BCUT2D eigenvalue weighted by Crippen LogP contribution is -1.99. The van der Waals surface area contributed by atoms with Crippen LogP contribution in [0.25, 0.3) is 16.7 Å². The van der Waals surface area contributed by atoms with Crippen molar-refractivity contribution in [2.75, 3.05) is 18.8 Å². The maximum atomic E-state index is 11.6. The second-order valence-electron chi connectivity index (χ2n) is 6.02. The fraction of sp³-hybridized carbons (Fsp3) is 0.111. The molecule has 1 N–H and O–H groups in total. The van der Waals surface area contributed by atoms with Crippen molar-refractivity contribution in [2.24, 2.45) is 5.10 Å². The minimum absolute atomic E-state index is 0.294. The van der Waals surface area contributed by atoms with Crippen molar-refractivity contribution < 1.29 is 13.2 Å². The predicted octanol–water partition coefficient (Wildman–Crippen LogP) is 2.74. The normalized spacial score (nSPS) is 11.9. The Morgan fingerprint density at radius 1 is 1.24 bits per heavy atom. The van der Waals surface area contributed by atoms with E-state index in [2.05, 4.69) is 25.6 Å². The Balaban J connectivity index is 1.60. The van der Waals surface area contributed by atoms with Gasteiger partial charge in [0.1, 0.15) is 16.3 Å². The first kappa shape index (κ1) is 19.0. The van der Waals surface area contributed by atoms with E-state index >= 15 is 0 Å². The van der Waals surface area contributed by atoms with Crippen LogP contribution >= 0.6 is 11.3 Å². The molecule has 9 nitrogen and oxygen atoms in total. The van der Waals surface area contributed by atoms with E-state index < -0.39 is 9.84 Å². The quantitative estimate of drug-likeness (QED) is 0.371. The molecule has 3 heterocycles. The van der Waals surface area contributed by atoms with Crippen molar-refractivity contribution in [2.45, 2.75) is 4.21 Å². The number of ether oxygens (including phenoxy) is 1. The van der Waals surface area contributed by atoms with Gasteiger partial charge in [0.25, 0.3) is 0 Å². The average molecular weight is 428 g/mol. The first-order chi connectivity index (χ1) is 14.0. The highest BCUT2D eigenvalue weighted by molar-refractivity contribution is 7.92. The Bertz CT molecular complexity index is 1310. The largest absolute Gasteiger partial charge is 0.497 e. The zero-order valence-corrected chi connectivity index (χ0v) is 17.1. The Hall–Kier alpha value is -3.31. The van der Waals surface area contributed by atoms with Gasteiger partial charge < -0.3 is 4.74 Å². The van der Waals surface area contributed by atoms with Gasteiger partial charge >= 0.3 is 0 Å². The van der Waals surface area contributed by atoms with Crippen LogP contribution in [-0.4, -0.2) is 47.7 Å². The highest BCUT2D eigenvalue weighted by atomic mass is 32.2. The number of aromatic nitrogens is 4. The average Bonchev–Trinajstić information content (AvgIpc) is 3.35. The molecule has 11 heteroatoms. The highest BCUT2D eigenvalue weighted by Crippen LogP contribution is 2.24. The fourth-order valence-electron chi connectivity index (χ4n) is 2.62. The van der Waals surface area contributed by atoms with Crippen molar-refractivity contribution in [3.8, 4) is 11.4 Å². The van der Waals surface area contributed by atoms with Gasteiger partial charge in [-0.25, -0.2) is 23.1 Å². The molecule has 0 atom stereocenters. The van der Waals surface area contributed by atoms with Crippen molar-refractivity contribution in [3.63, 3.8) is 0 Å². The molecule has 0 bridgehead atoms. The minimum Gasteiger partial charge on any atom is -0.497 e. The molecule has 0 fully saturated rings. The molecule has 29 heavy (non-hydrogen) atoms. The smallest absolute Gasteiger partial charge is 0.184 e. The molecule has 0 saturated heterocycles. The number of hydrogen-bond donors (Lipinski definition) is 1. The predicted molar refractivity (Wildman–Crippen MR) is 112 cm³/mol. The van der Waals surface area contributed by atoms with Crippen LogP contribution < -0.4 is 10.2 Å². The number of rotatable bonds is 6. The zero-order valence-electron chi connectivity index (χ0n) is 15.5. The Morgan fingerprint density at radius 3 is 2.86 bits per heavy atom. The number of hydrazone groups is 1. The van der Waals surface area contributed by atoms with Crippen molar-refractivity contribution >= 4 is 44.2 Å². The molecule has 4 rings (SSSR count). The molecule has 0 aliphatic rings. The van der Waals surface area contributed by atoms with E-state index in [-0.39, 0.29) is 0 Å². The van der Waals surface area contributed by atoms with E-state index in [0.717, 1.165) is 17.0 Å². The van der Waals surface area contributed by atoms with Crippen LogP contribution in [0.15, 0.2) is 58.2 Å². The molecule has 0 aliphatic carbocycles. The summed E-state index contributed by atoms with van der Waals surface area (Å²) in [6.45, 7) is 0. The first-order valence-corrected chi connectivity index (χ1v) is 11.1. The van der Waals surface area contributed by atoms with E-state index in [0.29, 0.717) is 31.7 Å². The van der Waals surface area contributed by atoms with Crippen LogP contribution in [-0.2, 0) is 9.84 Å². The van der Waals surface area contributed by atoms with Crippen LogP contribution in [0.3, 0.4) is 0 Å². The fourth-order valence-corrected chi connectivity index (χ4v) is 4.44. The summed E-state index contributed by atoms with van der Waals surface area (Å²) < 4.78 is 30.4. The second-order valence-corrected chi connectivity index (χ2v) is 9.37. The second kappa shape index (κ2) is 7.60. The van der Waals surface area contributed by atoms with Gasteiger partial charge in [0.2, 0.25) is 0 Å². The molecule has 0 radical (unpaired) electrons. The van der Waals surface area contributed by atoms with Crippen LogP contribution in [0.4, 0.5) is 5.82 Å². The number of nitrogens with zero attached hydrogens (tertiary/aromatic N) is 5. The zero-order chi connectivity index (χ0) is 20.4. The maximum absolute atomic E-state index is 11.6. The van der Waals surface area contributed by atoms with Crippen LogP contribution in [0.2, 0.25) is 0 Å². The lowest BCUT2D eigenvalue weighted by Gasteiger charge is -2.06. The monoisotopic (exact) mass is 428 g/mol. The molecular formula is C18H16N6O3S2. The summed E-state index contributed by atoms with van der Waals surface area (Å²) in [6.07, 6.45) is 5.79. The summed E-state index contributed by atoms with van der Waals surface area (Å²) >= 11 is 1.15. The van der Waals surface area contributed by atoms with E-state index in [1.807, 2.05) is 24.3 Å². The summed E-state index contributed by atoms with van der Waals surface area (Å²) in [7, 11) is -1.61. The SMILES string of the molecule is COc1cccc(-n2ncc3c(NN=Cc4ccc(S(C)(=O)=O)s4)ncnc32)c1. The minimum atomic E-state index is -3.22. The Morgan fingerprint density at radius 2 is 2.10 bits per heavy atom. The van der Waals surface area contributed by atoms with Gasteiger partial charge in [-0.05, 0) is 24.3 Å². The number of fused-ring (bicyclic) bond motifs is 1. The van der Waals surface area contributed by atoms with E-state index in [1.165, 1.54) is 12.6 Å². The molecule has 4 aromatic rings. The summed E-state index contributed by atoms with van der Waals surface area (Å²) in [4.78, 5) is 9.24. The van der Waals surface area contributed by atoms with Crippen molar-refractivity contribution in [3.05, 3.63) is 53.8 Å². The number of benzene rings is 1. The van der Waals surface area contributed by atoms with Gasteiger partial charge in [-0.15, -0.1) is 11.3 Å². The van der Waals surface area contributed by atoms with Gasteiger partial charge in [-0.3, -0.25) is 5.43 Å². The molecule has 1 aromatic carbocycles. The molecular weight excluding hydrogens is 412 g/mol. The number of hydrogen-bond acceptors (Lipinski definition) is 9. The van der Waals surface area contributed by atoms with Gasteiger partial charge in [-0.1, -0.05) is 6.07 Å².